The third kappa shape index (κ3) is 4.72. The second kappa shape index (κ2) is 8.36. The molecule has 0 amide bonds. The van der Waals surface area contributed by atoms with Crippen LogP contribution in [0.2, 0.25) is 0 Å². The predicted octanol–water partition coefficient (Wildman–Crippen LogP) is 1.06. The molecule has 6 nitrogen and oxygen atoms in total. The Bertz CT molecular complexity index is 654. The minimum Gasteiger partial charge on any atom is -0.379 e. The first kappa shape index (κ1) is 17.8. The fourth-order valence-electron chi connectivity index (χ4n) is 2.40. The van der Waals surface area contributed by atoms with E-state index in [1.54, 1.807) is 0 Å². The summed E-state index contributed by atoms with van der Waals surface area (Å²) in [6.07, 6.45) is 0.0663. The second-order valence-corrected chi connectivity index (χ2v) is 7.10. The molecule has 0 spiro atoms. The topological polar surface area (TPSA) is 73.6 Å². The van der Waals surface area contributed by atoms with Crippen LogP contribution in [0, 0.1) is 17.1 Å². The molecule has 1 heterocycles. The molecule has 0 bridgehead atoms. The standard InChI is InChI=1S/C15H20FN3O3S/c16-14-4-1-2-5-15(14)23(20,21)19(7-3-6-17)9-8-18-10-12-22-13-11-18/h1-2,4-5H,3,7-13H2. The molecule has 8 heteroatoms. The zero-order chi connectivity index (χ0) is 16.7. The lowest BCUT2D eigenvalue weighted by Crippen LogP contribution is -2.43. The lowest BCUT2D eigenvalue weighted by molar-refractivity contribution is 0.0363. The molecule has 0 saturated carbocycles. The van der Waals surface area contributed by atoms with Crippen molar-refractivity contribution in [3.05, 3.63) is 30.1 Å². The lowest BCUT2D eigenvalue weighted by atomic mass is 10.3. The molecular formula is C15H20FN3O3S. The molecule has 2 rings (SSSR count). The number of sulfonamides is 1. The lowest BCUT2D eigenvalue weighted by Gasteiger charge is -2.29. The Morgan fingerprint density at radius 2 is 1.96 bits per heavy atom. The average Bonchev–Trinajstić information content (AvgIpc) is 2.56. The van der Waals surface area contributed by atoms with Gasteiger partial charge in [-0.15, -0.1) is 0 Å². The Morgan fingerprint density at radius 3 is 2.61 bits per heavy atom. The van der Waals surface area contributed by atoms with Gasteiger partial charge in [-0.25, -0.2) is 12.8 Å². The number of ether oxygens (including phenoxy) is 1. The predicted molar refractivity (Wildman–Crippen MR) is 82.6 cm³/mol. The van der Waals surface area contributed by atoms with Gasteiger partial charge in [0.05, 0.1) is 19.3 Å². The average molecular weight is 341 g/mol. The highest BCUT2D eigenvalue weighted by Crippen LogP contribution is 2.19. The molecule has 0 unspecified atom stereocenters. The summed E-state index contributed by atoms with van der Waals surface area (Å²) in [5, 5.41) is 8.75. The van der Waals surface area contributed by atoms with Crippen LogP contribution in [0.5, 0.6) is 0 Å². The van der Waals surface area contributed by atoms with Gasteiger partial charge in [0.1, 0.15) is 10.7 Å². The minimum absolute atomic E-state index is 0.0531. The maximum atomic E-state index is 13.9. The second-order valence-electron chi connectivity index (χ2n) is 5.20. The molecule has 0 aliphatic carbocycles. The van der Waals surface area contributed by atoms with Crippen molar-refractivity contribution < 1.29 is 17.5 Å². The van der Waals surface area contributed by atoms with Crippen LogP contribution in [0.1, 0.15) is 6.42 Å². The highest BCUT2D eigenvalue weighted by atomic mass is 32.2. The third-order valence-corrected chi connectivity index (χ3v) is 5.63. The third-order valence-electron chi connectivity index (χ3n) is 3.70. The Morgan fingerprint density at radius 1 is 1.26 bits per heavy atom. The van der Waals surface area contributed by atoms with E-state index in [1.165, 1.54) is 22.5 Å². The van der Waals surface area contributed by atoms with Crippen LogP contribution in [0.3, 0.4) is 0 Å². The van der Waals surface area contributed by atoms with Gasteiger partial charge >= 0.3 is 0 Å². The van der Waals surface area contributed by atoms with E-state index in [0.29, 0.717) is 19.8 Å². The Kier molecular flexibility index (Phi) is 6.47. The normalized spacial score (nSPS) is 16.4. The summed E-state index contributed by atoms with van der Waals surface area (Å²) in [4.78, 5) is 1.75. The number of rotatable bonds is 7. The van der Waals surface area contributed by atoms with Crippen LogP contribution in [0.4, 0.5) is 4.39 Å². The van der Waals surface area contributed by atoms with Gasteiger partial charge in [0.2, 0.25) is 10.0 Å². The molecule has 1 saturated heterocycles. The first-order valence-electron chi connectivity index (χ1n) is 7.47. The molecule has 1 aliphatic rings. The number of benzene rings is 1. The quantitative estimate of drug-likeness (QED) is 0.741. The number of morpholine rings is 1. The molecule has 1 aliphatic heterocycles. The molecule has 23 heavy (non-hydrogen) atoms. The Labute approximate surface area is 136 Å². The number of hydrogen-bond acceptors (Lipinski definition) is 5. The van der Waals surface area contributed by atoms with E-state index >= 15 is 0 Å². The molecule has 0 N–H and O–H groups in total. The maximum Gasteiger partial charge on any atom is 0.246 e. The molecule has 0 radical (unpaired) electrons. The summed E-state index contributed by atoms with van der Waals surface area (Å²) in [6.45, 7) is 3.53. The van der Waals surface area contributed by atoms with Gasteiger partial charge in [0, 0.05) is 39.1 Å². The summed E-state index contributed by atoms with van der Waals surface area (Å²) in [7, 11) is -3.96. The van der Waals surface area contributed by atoms with Gasteiger partial charge in [-0.2, -0.15) is 9.57 Å². The van der Waals surface area contributed by atoms with Crippen LogP contribution >= 0.6 is 0 Å². The fourth-order valence-corrected chi connectivity index (χ4v) is 3.89. The molecule has 1 fully saturated rings. The number of hydrogen-bond donors (Lipinski definition) is 0. The fraction of sp³-hybridized carbons (Fsp3) is 0.533. The zero-order valence-corrected chi connectivity index (χ0v) is 13.6. The van der Waals surface area contributed by atoms with E-state index in [4.69, 9.17) is 10.00 Å². The number of nitriles is 1. The van der Waals surface area contributed by atoms with E-state index in [1.807, 2.05) is 6.07 Å². The summed E-state index contributed by atoms with van der Waals surface area (Å²) in [5.74, 6) is -0.777. The smallest absolute Gasteiger partial charge is 0.246 e. The largest absolute Gasteiger partial charge is 0.379 e. The number of nitrogens with zero attached hydrogens (tertiary/aromatic N) is 3. The van der Waals surface area contributed by atoms with Crippen LogP contribution < -0.4 is 0 Å². The molecule has 126 valence electrons. The molecule has 1 aromatic carbocycles. The van der Waals surface area contributed by atoms with E-state index in [2.05, 4.69) is 4.90 Å². The van der Waals surface area contributed by atoms with Gasteiger partial charge in [0.15, 0.2) is 0 Å². The first-order valence-corrected chi connectivity index (χ1v) is 8.91. The van der Waals surface area contributed by atoms with Crippen molar-refractivity contribution in [3.8, 4) is 6.07 Å². The monoisotopic (exact) mass is 341 g/mol. The molecular weight excluding hydrogens is 321 g/mol. The Hall–Kier alpha value is -1.53. The highest BCUT2D eigenvalue weighted by molar-refractivity contribution is 7.89. The van der Waals surface area contributed by atoms with Crippen molar-refractivity contribution in [2.75, 3.05) is 45.9 Å². The van der Waals surface area contributed by atoms with Crippen molar-refractivity contribution in [2.45, 2.75) is 11.3 Å². The molecule has 0 aromatic heterocycles. The van der Waals surface area contributed by atoms with Gasteiger partial charge in [-0.05, 0) is 12.1 Å². The summed E-state index contributed by atoms with van der Waals surface area (Å²) >= 11 is 0. The zero-order valence-electron chi connectivity index (χ0n) is 12.8. The van der Waals surface area contributed by atoms with E-state index < -0.39 is 15.8 Å². The van der Waals surface area contributed by atoms with Crippen LogP contribution in [0.15, 0.2) is 29.2 Å². The van der Waals surface area contributed by atoms with Crippen LogP contribution in [-0.2, 0) is 14.8 Å². The van der Waals surface area contributed by atoms with E-state index in [0.717, 1.165) is 19.2 Å². The SMILES string of the molecule is N#CCCN(CCN1CCOCC1)S(=O)(=O)c1ccccc1F. The van der Waals surface area contributed by atoms with Crippen molar-refractivity contribution in [3.63, 3.8) is 0 Å². The van der Waals surface area contributed by atoms with Crippen molar-refractivity contribution in [2.24, 2.45) is 0 Å². The van der Waals surface area contributed by atoms with Crippen LogP contribution in [-0.4, -0.2) is 63.6 Å². The number of halogens is 1. The van der Waals surface area contributed by atoms with Crippen LogP contribution in [0.25, 0.3) is 0 Å². The summed E-state index contributed by atoms with van der Waals surface area (Å²) < 4.78 is 45.6. The Balaban J connectivity index is 2.13. The van der Waals surface area contributed by atoms with Crippen molar-refractivity contribution in [1.29, 1.82) is 5.26 Å². The molecule has 0 atom stereocenters. The van der Waals surface area contributed by atoms with Gasteiger partial charge in [-0.1, -0.05) is 12.1 Å². The van der Waals surface area contributed by atoms with Gasteiger partial charge in [-0.3, -0.25) is 4.90 Å². The first-order chi connectivity index (χ1) is 11.1. The van der Waals surface area contributed by atoms with E-state index in [-0.39, 0.29) is 24.4 Å². The van der Waals surface area contributed by atoms with Crippen molar-refractivity contribution >= 4 is 10.0 Å². The highest BCUT2D eigenvalue weighted by Gasteiger charge is 2.27. The maximum absolute atomic E-state index is 13.9. The van der Waals surface area contributed by atoms with Gasteiger partial charge < -0.3 is 4.74 Å². The van der Waals surface area contributed by atoms with Crippen molar-refractivity contribution in [1.82, 2.24) is 9.21 Å². The minimum atomic E-state index is -3.96. The molecule has 1 aromatic rings. The van der Waals surface area contributed by atoms with E-state index in [9.17, 15) is 12.8 Å². The summed E-state index contributed by atoms with van der Waals surface area (Å²) in [6, 6.07) is 7.24. The summed E-state index contributed by atoms with van der Waals surface area (Å²) in [5.41, 5.74) is 0. The van der Waals surface area contributed by atoms with Gasteiger partial charge in [0.25, 0.3) is 0 Å².